The molecular formula is C20H38N6O5S. The summed E-state index contributed by atoms with van der Waals surface area (Å²) >= 11 is 4.13. The minimum Gasteiger partial charge on any atom is -0.480 e. The normalized spacial score (nSPS) is 18.6. The first-order valence-corrected chi connectivity index (χ1v) is 11.8. The number of thiol groups is 1. The Morgan fingerprint density at radius 1 is 1.00 bits per heavy atom. The largest absolute Gasteiger partial charge is 0.480 e. The van der Waals surface area contributed by atoms with Gasteiger partial charge in [-0.3, -0.25) is 14.4 Å². The van der Waals surface area contributed by atoms with Gasteiger partial charge in [-0.1, -0.05) is 6.42 Å². The summed E-state index contributed by atoms with van der Waals surface area (Å²) < 4.78 is 0. The molecule has 0 bridgehead atoms. The molecule has 1 aliphatic heterocycles. The monoisotopic (exact) mass is 474 g/mol. The van der Waals surface area contributed by atoms with E-state index in [1.807, 2.05) is 0 Å². The Morgan fingerprint density at radius 2 is 1.62 bits per heavy atom. The molecule has 0 aliphatic carbocycles. The molecule has 184 valence electrons. The lowest BCUT2D eigenvalue weighted by Crippen LogP contribution is -2.57. The van der Waals surface area contributed by atoms with Gasteiger partial charge in [-0.05, 0) is 58.0 Å². The molecular weight excluding hydrogens is 436 g/mol. The van der Waals surface area contributed by atoms with Gasteiger partial charge in [-0.2, -0.15) is 12.6 Å². The highest BCUT2D eigenvalue weighted by atomic mass is 32.1. The smallest absolute Gasteiger partial charge is 0.326 e. The van der Waals surface area contributed by atoms with Crippen LogP contribution in [0.4, 0.5) is 0 Å². The number of carboxylic acid groups (broad SMARTS) is 1. The van der Waals surface area contributed by atoms with Crippen molar-refractivity contribution >= 4 is 36.3 Å². The zero-order valence-corrected chi connectivity index (χ0v) is 19.4. The van der Waals surface area contributed by atoms with Gasteiger partial charge in [0.25, 0.3) is 0 Å². The first kappa shape index (κ1) is 28.1. The van der Waals surface area contributed by atoms with Crippen LogP contribution >= 0.6 is 12.6 Å². The van der Waals surface area contributed by atoms with Gasteiger partial charge in [0.05, 0.1) is 6.04 Å². The number of nitrogens with zero attached hydrogens (tertiary/aromatic N) is 1. The van der Waals surface area contributed by atoms with Crippen LogP contribution < -0.4 is 27.8 Å². The first-order valence-electron chi connectivity index (χ1n) is 11.2. The highest BCUT2D eigenvalue weighted by Crippen LogP contribution is 2.19. The Bertz CT molecular complexity index is 638. The molecule has 1 fully saturated rings. The van der Waals surface area contributed by atoms with Gasteiger partial charge < -0.3 is 37.8 Å². The van der Waals surface area contributed by atoms with Gasteiger partial charge in [0.15, 0.2) is 0 Å². The van der Waals surface area contributed by atoms with E-state index in [1.165, 1.54) is 4.90 Å². The van der Waals surface area contributed by atoms with E-state index in [-0.39, 0.29) is 18.1 Å². The standard InChI is InChI=1S/C20H38N6O5S/c21-9-3-1-6-13(23)19(29)26-11-5-8-16(26)18(28)25-15(12-32)17(27)24-14(20(30)31)7-2-4-10-22/h13-16,32H,1-12,21-23H2,(H,24,27)(H,25,28)(H,30,31). The van der Waals surface area contributed by atoms with Crippen molar-refractivity contribution in [3.63, 3.8) is 0 Å². The summed E-state index contributed by atoms with van der Waals surface area (Å²) in [5.41, 5.74) is 16.9. The first-order chi connectivity index (χ1) is 15.3. The Hall–Kier alpha value is -1.89. The number of carboxylic acids is 1. The van der Waals surface area contributed by atoms with Gasteiger partial charge in [0.2, 0.25) is 17.7 Å². The van der Waals surface area contributed by atoms with Crippen LogP contribution in [0.2, 0.25) is 0 Å². The lowest BCUT2D eigenvalue weighted by Gasteiger charge is -2.28. The fraction of sp³-hybridized carbons (Fsp3) is 0.800. The van der Waals surface area contributed by atoms with Crippen LogP contribution in [0, 0.1) is 0 Å². The summed E-state index contributed by atoms with van der Waals surface area (Å²) in [6, 6.07) is -3.54. The number of hydrogen-bond acceptors (Lipinski definition) is 8. The van der Waals surface area contributed by atoms with Crippen LogP contribution in [0.5, 0.6) is 0 Å². The van der Waals surface area contributed by atoms with Crippen molar-refractivity contribution < 1.29 is 24.3 Å². The minimum atomic E-state index is -1.16. The molecule has 0 spiro atoms. The van der Waals surface area contributed by atoms with E-state index in [9.17, 15) is 24.3 Å². The second-order valence-corrected chi connectivity index (χ2v) is 8.37. The molecule has 0 aromatic heterocycles. The van der Waals surface area contributed by atoms with E-state index in [4.69, 9.17) is 17.2 Å². The SMILES string of the molecule is NCCCCC(N)C(=O)N1CCCC1C(=O)NC(CS)C(=O)NC(CCCCN)C(=O)O. The number of hydrogen-bond donors (Lipinski definition) is 7. The second-order valence-electron chi connectivity index (χ2n) is 8.01. The molecule has 1 rings (SSSR count). The lowest BCUT2D eigenvalue weighted by atomic mass is 10.1. The Kier molecular flexibility index (Phi) is 13.2. The lowest BCUT2D eigenvalue weighted by molar-refractivity contribution is -0.143. The summed E-state index contributed by atoms with van der Waals surface area (Å²) in [5.74, 6) is -2.59. The fourth-order valence-corrected chi connectivity index (χ4v) is 3.89. The van der Waals surface area contributed by atoms with Crippen LogP contribution in [0.25, 0.3) is 0 Å². The third-order valence-corrected chi connectivity index (χ3v) is 5.87. The third-order valence-electron chi connectivity index (χ3n) is 5.50. The average molecular weight is 475 g/mol. The maximum atomic E-state index is 12.8. The summed E-state index contributed by atoms with van der Waals surface area (Å²) in [6.07, 6.45) is 4.54. The van der Waals surface area contributed by atoms with E-state index in [1.54, 1.807) is 0 Å². The molecule has 12 heteroatoms. The van der Waals surface area contributed by atoms with E-state index in [0.29, 0.717) is 51.7 Å². The average Bonchev–Trinajstić information content (AvgIpc) is 3.26. The van der Waals surface area contributed by atoms with Crippen LogP contribution in [0.1, 0.15) is 51.4 Å². The molecule has 4 atom stereocenters. The number of amides is 3. The predicted molar refractivity (Wildman–Crippen MR) is 124 cm³/mol. The van der Waals surface area contributed by atoms with E-state index in [2.05, 4.69) is 23.3 Å². The Balaban J connectivity index is 2.70. The number of rotatable bonds is 15. The zero-order chi connectivity index (χ0) is 24.1. The number of unbranched alkanes of at least 4 members (excludes halogenated alkanes) is 2. The van der Waals surface area contributed by atoms with Crippen molar-refractivity contribution in [3.05, 3.63) is 0 Å². The Morgan fingerprint density at radius 3 is 2.19 bits per heavy atom. The molecule has 0 radical (unpaired) electrons. The number of nitrogens with two attached hydrogens (primary N) is 3. The molecule has 0 aromatic carbocycles. The molecule has 4 unspecified atom stereocenters. The van der Waals surface area contributed by atoms with E-state index >= 15 is 0 Å². The molecule has 3 amide bonds. The van der Waals surface area contributed by atoms with Gasteiger partial charge in [-0.25, -0.2) is 4.79 Å². The van der Waals surface area contributed by atoms with Crippen molar-refractivity contribution in [3.8, 4) is 0 Å². The molecule has 11 nitrogen and oxygen atoms in total. The predicted octanol–water partition coefficient (Wildman–Crippen LogP) is -1.45. The van der Waals surface area contributed by atoms with Crippen molar-refractivity contribution in [2.45, 2.75) is 75.5 Å². The van der Waals surface area contributed by atoms with Crippen LogP contribution in [-0.2, 0) is 19.2 Å². The van der Waals surface area contributed by atoms with Gasteiger partial charge >= 0.3 is 5.97 Å². The highest BCUT2D eigenvalue weighted by Gasteiger charge is 2.37. The summed E-state index contributed by atoms with van der Waals surface area (Å²) in [4.78, 5) is 51.0. The molecule has 32 heavy (non-hydrogen) atoms. The fourth-order valence-electron chi connectivity index (χ4n) is 3.63. The van der Waals surface area contributed by atoms with Crippen LogP contribution in [-0.4, -0.2) is 83.3 Å². The quantitative estimate of drug-likeness (QED) is 0.111. The van der Waals surface area contributed by atoms with Crippen molar-refractivity contribution in [1.82, 2.24) is 15.5 Å². The summed E-state index contributed by atoms with van der Waals surface area (Å²) in [5, 5.41) is 14.4. The molecule has 0 aromatic rings. The molecule has 9 N–H and O–H groups in total. The minimum absolute atomic E-state index is 0.0218. The van der Waals surface area contributed by atoms with E-state index < -0.39 is 42.0 Å². The van der Waals surface area contributed by atoms with Gasteiger partial charge in [0.1, 0.15) is 18.1 Å². The maximum Gasteiger partial charge on any atom is 0.326 e. The van der Waals surface area contributed by atoms with Gasteiger partial charge in [-0.15, -0.1) is 0 Å². The number of likely N-dealkylation sites (tertiary alicyclic amines) is 1. The Labute approximate surface area is 194 Å². The third kappa shape index (κ3) is 8.93. The van der Waals surface area contributed by atoms with Crippen molar-refractivity contribution in [2.75, 3.05) is 25.4 Å². The summed E-state index contributed by atoms with van der Waals surface area (Å²) in [6.45, 7) is 1.38. The molecule has 1 aliphatic rings. The molecule has 0 saturated carbocycles. The van der Waals surface area contributed by atoms with Crippen LogP contribution in [0.3, 0.4) is 0 Å². The second kappa shape index (κ2) is 15.0. The van der Waals surface area contributed by atoms with Crippen molar-refractivity contribution in [1.29, 1.82) is 0 Å². The molecule has 1 heterocycles. The van der Waals surface area contributed by atoms with Gasteiger partial charge in [0, 0.05) is 12.3 Å². The zero-order valence-electron chi connectivity index (χ0n) is 18.5. The van der Waals surface area contributed by atoms with E-state index in [0.717, 1.165) is 12.8 Å². The van der Waals surface area contributed by atoms with Crippen molar-refractivity contribution in [2.24, 2.45) is 17.2 Å². The number of aliphatic carboxylic acids is 1. The summed E-state index contributed by atoms with van der Waals surface area (Å²) in [7, 11) is 0. The molecule has 1 saturated heterocycles. The topological polar surface area (TPSA) is 194 Å². The number of nitrogens with one attached hydrogen (secondary N) is 2. The number of carbonyl (C=O) groups is 4. The van der Waals surface area contributed by atoms with Crippen LogP contribution in [0.15, 0.2) is 0 Å². The maximum absolute atomic E-state index is 12.8. The number of carbonyl (C=O) groups excluding carboxylic acids is 3. The highest BCUT2D eigenvalue weighted by molar-refractivity contribution is 7.80.